The molecule has 0 aliphatic rings. The van der Waals surface area contributed by atoms with Crippen LogP contribution in [0.15, 0.2) is 18.2 Å². The fourth-order valence-corrected chi connectivity index (χ4v) is 1.33. The minimum atomic E-state index is -0.292. The zero-order valence-corrected chi connectivity index (χ0v) is 9.99. The van der Waals surface area contributed by atoms with Crippen molar-refractivity contribution in [1.82, 2.24) is 0 Å². The number of hydrogen-bond donors (Lipinski definition) is 2. The second-order valence-corrected chi connectivity index (χ2v) is 3.67. The van der Waals surface area contributed by atoms with Crippen LogP contribution in [0.25, 0.3) is 0 Å². The molecule has 1 rings (SSSR count). The summed E-state index contributed by atoms with van der Waals surface area (Å²) in [7, 11) is 3.24. The molecule has 0 aromatic heterocycles. The van der Waals surface area contributed by atoms with E-state index in [2.05, 4.69) is 5.32 Å². The Morgan fingerprint density at radius 2 is 1.75 bits per heavy atom. The molecule has 0 aliphatic heterocycles. The number of hydrogen-bond acceptors (Lipinski definition) is 4. The lowest BCUT2D eigenvalue weighted by molar-refractivity contribution is 0.189. The molecule has 0 spiro atoms. The number of benzene rings is 1. The molecule has 4 nitrogen and oxygen atoms in total. The maximum atomic E-state index is 9.14. The number of ether oxygens (including phenoxy) is 2. The van der Waals surface area contributed by atoms with Crippen molar-refractivity contribution in [2.24, 2.45) is 0 Å². The number of nitrogens with one attached hydrogen (secondary N) is 1. The first kappa shape index (κ1) is 12.6. The van der Waals surface area contributed by atoms with E-state index in [0.717, 1.165) is 17.2 Å². The van der Waals surface area contributed by atoms with Gasteiger partial charge in [0.05, 0.1) is 20.3 Å². The molecule has 0 heterocycles. The van der Waals surface area contributed by atoms with Gasteiger partial charge in [-0.1, -0.05) is 0 Å². The average molecular weight is 225 g/mol. The van der Waals surface area contributed by atoms with E-state index in [1.165, 1.54) is 0 Å². The smallest absolute Gasteiger partial charge is 0.124 e. The quantitative estimate of drug-likeness (QED) is 0.776. The molecule has 4 heteroatoms. The molecule has 0 fully saturated rings. The third kappa shape index (κ3) is 3.98. The Balaban J connectivity index is 2.64. The van der Waals surface area contributed by atoms with Gasteiger partial charge in [0.2, 0.25) is 0 Å². The van der Waals surface area contributed by atoms with Gasteiger partial charge in [-0.3, -0.25) is 0 Å². The number of aliphatic hydroxyl groups excluding tert-OH is 1. The molecule has 0 saturated heterocycles. The van der Waals surface area contributed by atoms with Crippen molar-refractivity contribution in [2.45, 2.75) is 19.4 Å². The van der Waals surface area contributed by atoms with Crippen molar-refractivity contribution in [2.75, 3.05) is 26.1 Å². The van der Waals surface area contributed by atoms with Crippen molar-refractivity contribution >= 4 is 5.69 Å². The van der Waals surface area contributed by atoms with E-state index in [-0.39, 0.29) is 6.10 Å². The van der Waals surface area contributed by atoms with Gasteiger partial charge >= 0.3 is 0 Å². The van der Waals surface area contributed by atoms with Gasteiger partial charge in [0.25, 0.3) is 0 Å². The van der Waals surface area contributed by atoms with E-state index in [4.69, 9.17) is 14.6 Å². The van der Waals surface area contributed by atoms with Crippen molar-refractivity contribution in [3.8, 4) is 11.5 Å². The summed E-state index contributed by atoms with van der Waals surface area (Å²) in [6.07, 6.45) is 0.416. The third-order valence-electron chi connectivity index (χ3n) is 2.24. The monoisotopic (exact) mass is 225 g/mol. The number of anilines is 1. The van der Waals surface area contributed by atoms with Crippen LogP contribution in [0.3, 0.4) is 0 Å². The summed E-state index contributed by atoms with van der Waals surface area (Å²) in [6, 6.07) is 5.61. The van der Waals surface area contributed by atoms with E-state index in [1.54, 1.807) is 21.1 Å². The first-order chi connectivity index (χ1) is 7.65. The van der Waals surface area contributed by atoms with Gasteiger partial charge in [-0.15, -0.1) is 0 Å². The first-order valence-corrected chi connectivity index (χ1v) is 5.30. The molecular weight excluding hydrogens is 206 g/mol. The Kier molecular flexibility index (Phi) is 4.92. The molecule has 2 N–H and O–H groups in total. The highest BCUT2D eigenvalue weighted by Crippen LogP contribution is 2.25. The minimum Gasteiger partial charge on any atom is -0.497 e. The Morgan fingerprint density at radius 3 is 2.19 bits per heavy atom. The number of rotatable bonds is 6. The summed E-state index contributed by atoms with van der Waals surface area (Å²) >= 11 is 0. The van der Waals surface area contributed by atoms with Crippen molar-refractivity contribution < 1.29 is 14.6 Å². The Hall–Kier alpha value is -1.42. The summed E-state index contributed by atoms with van der Waals surface area (Å²) in [4.78, 5) is 0. The molecule has 16 heavy (non-hydrogen) atoms. The zero-order valence-electron chi connectivity index (χ0n) is 9.99. The topological polar surface area (TPSA) is 50.7 Å². The molecule has 0 amide bonds. The fraction of sp³-hybridized carbons (Fsp3) is 0.500. The lowest BCUT2D eigenvalue weighted by Crippen LogP contribution is -2.09. The van der Waals surface area contributed by atoms with Gasteiger partial charge in [-0.25, -0.2) is 0 Å². The molecule has 0 aliphatic carbocycles. The van der Waals surface area contributed by atoms with Crippen molar-refractivity contribution in [3.63, 3.8) is 0 Å². The highest BCUT2D eigenvalue weighted by molar-refractivity contribution is 5.53. The van der Waals surface area contributed by atoms with Crippen LogP contribution in [0.5, 0.6) is 11.5 Å². The lowest BCUT2D eigenvalue weighted by Gasteiger charge is -2.11. The zero-order chi connectivity index (χ0) is 12.0. The van der Waals surface area contributed by atoms with Crippen LogP contribution in [-0.2, 0) is 0 Å². The summed E-state index contributed by atoms with van der Waals surface area (Å²) < 4.78 is 10.3. The summed E-state index contributed by atoms with van der Waals surface area (Å²) in [6.45, 7) is 2.49. The van der Waals surface area contributed by atoms with Crippen molar-refractivity contribution in [3.05, 3.63) is 18.2 Å². The maximum Gasteiger partial charge on any atom is 0.124 e. The van der Waals surface area contributed by atoms with Crippen LogP contribution in [0.1, 0.15) is 13.3 Å². The predicted octanol–water partition coefficient (Wildman–Crippen LogP) is 1.89. The summed E-state index contributed by atoms with van der Waals surface area (Å²) in [5.74, 6) is 1.50. The van der Waals surface area contributed by atoms with E-state index in [1.807, 2.05) is 18.2 Å². The van der Waals surface area contributed by atoms with E-state index in [0.29, 0.717) is 13.0 Å². The summed E-state index contributed by atoms with van der Waals surface area (Å²) in [5.41, 5.74) is 0.928. The highest BCUT2D eigenvalue weighted by Gasteiger charge is 2.02. The Morgan fingerprint density at radius 1 is 1.19 bits per heavy atom. The standard InChI is InChI=1S/C12H19NO3/c1-9(14)4-5-13-10-6-11(15-2)8-12(7-10)16-3/h6-9,13-14H,4-5H2,1-3H3. The fourth-order valence-electron chi connectivity index (χ4n) is 1.33. The second kappa shape index (κ2) is 6.23. The lowest BCUT2D eigenvalue weighted by atomic mass is 10.2. The second-order valence-electron chi connectivity index (χ2n) is 3.67. The Labute approximate surface area is 96.2 Å². The van der Waals surface area contributed by atoms with Gasteiger partial charge in [0.15, 0.2) is 0 Å². The van der Waals surface area contributed by atoms with Gasteiger partial charge < -0.3 is 19.9 Å². The predicted molar refractivity (Wildman–Crippen MR) is 64.3 cm³/mol. The van der Waals surface area contributed by atoms with Crippen LogP contribution in [0, 0.1) is 0 Å². The number of methoxy groups -OCH3 is 2. The van der Waals surface area contributed by atoms with E-state index in [9.17, 15) is 0 Å². The molecule has 1 aromatic carbocycles. The third-order valence-corrected chi connectivity index (χ3v) is 2.24. The first-order valence-electron chi connectivity index (χ1n) is 5.30. The van der Waals surface area contributed by atoms with Gasteiger partial charge in [0, 0.05) is 30.4 Å². The van der Waals surface area contributed by atoms with Crippen LogP contribution in [-0.4, -0.2) is 32.0 Å². The van der Waals surface area contributed by atoms with Gasteiger partial charge in [-0.2, -0.15) is 0 Å². The van der Waals surface area contributed by atoms with Crippen LogP contribution in [0.4, 0.5) is 5.69 Å². The molecular formula is C12H19NO3. The molecule has 1 aromatic rings. The van der Waals surface area contributed by atoms with Gasteiger partial charge in [0.1, 0.15) is 11.5 Å². The average Bonchev–Trinajstić information content (AvgIpc) is 2.28. The van der Waals surface area contributed by atoms with Crippen LogP contribution >= 0.6 is 0 Å². The van der Waals surface area contributed by atoms with E-state index >= 15 is 0 Å². The van der Waals surface area contributed by atoms with Crippen LogP contribution < -0.4 is 14.8 Å². The molecule has 1 atom stereocenters. The van der Waals surface area contributed by atoms with Crippen LogP contribution in [0.2, 0.25) is 0 Å². The maximum absolute atomic E-state index is 9.14. The SMILES string of the molecule is COc1cc(NCCC(C)O)cc(OC)c1. The molecule has 90 valence electrons. The largest absolute Gasteiger partial charge is 0.497 e. The highest BCUT2D eigenvalue weighted by atomic mass is 16.5. The number of aliphatic hydroxyl groups is 1. The van der Waals surface area contributed by atoms with Gasteiger partial charge in [-0.05, 0) is 13.3 Å². The summed E-state index contributed by atoms with van der Waals surface area (Å²) in [5, 5.41) is 12.3. The minimum absolute atomic E-state index is 0.292. The van der Waals surface area contributed by atoms with Crippen molar-refractivity contribution in [1.29, 1.82) is 0 Å². The Bertz CT molecular complexity index is 304. The normalized spacial score (nSPS) is 12.0. The van der Waals surface area contributed by atoms with E-state index < -0.39 is 0 Å². The molecule has 1 unspecified atom stereocenters. The molecule has 0 radical (unpaired) electrons. The molecule has 0 saturated carbocycles. The molecule has 0 bridgehead atoms.